The van der Waals surface area contributed by atoms with E-state index in [1.807, 2.05) is 0 Å². The van der Waals surface area contributed by atoms with Crippen molar-refractivity contribution >= 4 is 22.8 Å². The number of carbonyl (C=O) groups is 1. The summed E-state index contributed by atoms with van der Waals surface area (Å²) in [5.74, 6) is -0.345. The highest BCUT2D eigenvalue weighted by Gasteiger charge is 2.18. The predicted molar refractivity (Wildman–Crippen MR) is 90.6 cm³/mol. The van der Waals surface area contributed by atoms with E-state index in [1.54, 1.807) is 31.2 Å². The van der Waals surface area contributed by atoms with E-state index in [0.29, 0.717) is 16.9 Å². The third kappa shape index (κ3) is 3.43. The van der Waals surface area contributed by atoms with E-state index in [-0.39, 0.29) is 25.5 Å². The Bertz CT molecular complexity index is 1040. The highest BCUT2D eigenvalue weighted by atomic mass is 16.6. The minimum atomic E-state index is -0.621. The predicted octanol–water partition coefficient (Wildman–Crippen LogP) is 1.05. The molecule has 0 unspecified atom stereocenters. The number of nitro groups is 1. The fourth-order valence-corrected chi connectivity index (χ4v) is 2.58. The monoisotopic (exact) mass is 357 g/mol. The van der Waals surface area contributed by atoms with Crippen molar-refractivity contribution < 1.29 is 14.5 Å². The molecule has 0 saturated heterocycles. The maximum Gasteiger partial charge on any atom is 0.342 e. The highest BCUT2D eigenvalue weighted by molar-refractivity contribution is 5.77. The average Bonchev–Trinajstić information content (AvgIpc) is 2.98. The van der Waals surface area contributed by atoms with Crippen molar-refractivity contribution in [3.8, 4) is 0 Å². The molecule has 3 rings (SSSR count). The molecule has 0 saturated carbocycles. The lowest BCUT2D eigenvalue weighted by molar-refractivity contribution is -0.392. The van der Waals surface area contributed by atoms with Crippen molar-refractivity contribution in [2.24, 2.45) is 0 Å². The fourth-order valence-electron chi connectivity index (χ4n) is 2.58. The number of ether oxygens (including phenoxy) is 1. The van der Waals surface area contributed by atoms with Crippen LogP contribution in [0.2, 0.25) is 0 Å². The number of hydrogen-bond acceptors (Lipinski definition) is 7. The smallest absolute Gasteiger partial charge is 0.342 e. The zero-order chi connectivity index (χ0) is 18.7. The van der Waals surface area contributed by atoms with E-state index in [1.165, 1.54) is 9.13 Å². The number of aromatic nitrogens is 4. The summed E-state index contributed by atoms with van der Waals surface area (Å²) in [4.78, 5) is 42.4. The summed E-state index contributed by atoms with van der Waals surface area (Å²) in [5.41, 5.74) is 0.698. The van der Waals surface area contributed by atoms with Crippen LogP contribution in [-0.2, 0) is 22.6 Å². The molecule has 0 amide bonds. The molecular weight excluding hydrogens is 342 g/mol. The molecule has 1 aromatic carbocycles. The van der Waals surface area contributed by atoms with Gasteiger partial charge in [-0.15, -0.1) is 0 Å². The zero-order valence-corrected chi connectivity index (χ0v) is 13.9. The summed E-state index contributed by atoms with van der Waals surface area (Å²) in [6.45, 7) is 1.37. The van der Waals surface area contributed by atoms with Crippen molar-refractivity contribution in [1.82, 2.24) is 19.1 Å². The van der Waals surface area contributed by atoms with Gasteiger partial charge in [-0.05, 0) is 17.1 Å². The zero-order valence-electron chi connectivity index (χ0n) is 13.9. The number of aryl methyl sites for hydroxylation is 1. The Labute approximate surface area is 146 Å². The van der Waals surface area contributed by atoms with Gasteiger partial charge in [-0.1, -0.05) is 12.1 Å². The van der Waals surface area contributed by atoms with Crippen LogP contribution in [0.4, 0.5) is 5.82 Å². The molecule has 0 atom stereocenters. The van der Waals surface area contributed by atoms with Crippen LogP contribution in [0.15, 0.2) is 41.5 Å². The van der Waals surface area contributed by atoms with Crippen molar-refractivity contribution in [3.05, 3.63) is 63.0 Å². The molecule has 134 valence electrons. The highest BCUT2D eigenvalue weighted by Crippen LogP contribution is 2.13. The fraction of sp³-hybridized carbons (Fsp3) is 0.250. The third-order valence-corrected chi connectivity index (χ3v) is 3.84. The van der Waals surface area contributed by atoms with Gasteiger partial charge in [-0.2, -0.15) is 0 Å². The molecule has 0 N–H and O–H groups in total. The summed E-state index contributed by atoms with van der Waals surface area (Å²) >= 11 is 0. The molecule has 10 heteroatoms. The van der Waals surface area contributed by atoms with Gasteiger partial charge in [0.15, 0.2) is 5.82 Å². The SMILES string of the molecule is Cc1ncc([N+](=O)[O-])n1CCOC(=O)Cn1c(=O)cnc2ccccc21. The summed E-state index contributed by atoms with van der Waals surface area (Å²) in [6, 6.07) is 6.95. The number of rotatable bonds is 6. The molecule has 26 heavy (non-hydrogen) atoms. The van der Waals surface area contributed by atoms with Crippen LogP contribution in [0.5, 0.6) is 0 Å². The summed E-state index contributed by atoms with van der Waals surface area (Å²) in [6.07, 6.45) is 2.30. The first-order valence-electron chi connectivity index (χ1n) is 7.74. The van der Waals surface area contributed by atoms with Crippen LogP contribution in [-0.4, -0.2) is 36.6 Å². The Morgan fingerprint density at radius 2 is 2.00 bits per heavy atom. The molecule has 3 aromatic rings. The Morgan fingerprint density at radius 3 is 2.77 bits per heavy atom. The van der Waals surface area contributed by atoms with E-state index < -0.39 is 16.5 Å². The van der Waals surface area contributed by atoms with Crippen molar-refractivity contribution in [2.75, 3.05) is 6.61 Å². The molecule has 0 aliphatic rings. The van der Waals surface area contributed by atoms with Gasteiger partial charge < -0.3 is 14.9 Å². The van der Waals surface area contributed by atoms with E-state index in [4.69, 9.17) is 4.74 Å². The second-order valence-corrected chi connectivity index (χ2v) is 5.46. The van der Waals surface area contributed by atoms with Gasteiger partial charge in [0, 0.05) is 6.92 Å². The largest absolute Gasteiger partial charge is 0.460 e. The summed E-state index contributed by atoms with van der Waals surface area (Å²) in [7, 11) is 0. The normalized spacial score (nSPS) is 10.8. The summed E-state index contributed by atoms with van der Waals surface area (Å²) in [5, 5.41) is 10.9. The van der Waals surface area contributed by atoms with Crippen LogP contribution in [0.3, 0.4) is 0 Å². The lowest BCUT2D eigenvalue weighted by Crippen LogP contribution is -2.26. The van der Waals surface area contributed by atoms with Crippen LogP contribution in [0.1, 0.15) is 5.82 Å². The van der Waals surface area contributed by atoms with Gasteiger partial charge in [0.05, 0.1) is 17.2 Å². The van der Waals surface area contributed by atoms with Gasteiger partial charge in [0.25, 0.3) is 5.56 Å². The Kier molecular flexibility index (Phi) is 4.74. The van der Waals surface area contributed by atoms with Crippen LogP contribution < -0.4 is 5.56 Å². The summed E-state index contributed by atoms with van der Waals surface area (Å²) < 4.78 is 7.74. The first-order valence-corrected chi connectivity index (χ1v) is 7.74. The average molecular weight is 357 g/mol. The number of benzene rings is 1. The number of para-hydroxylation sites is 2. The quantitative estimate of drug-likeness (QED) is 0.367. The molecule has 0 spiro atoms. The third-order valence-electron chi connectivity index (χ3n) is 3.84. The minimum Gasteiger partial charge on any atom is -0.460 e. The maximum absolute atomic E-state index is 12.1. The van der Waals surface area contributed by atoms with Crippen LogP contribution in [0.25, 0.3) is 11.0 Å². The van der Waals surface area contributed by atoms with Crippen molar-refractivity contribution in [3.63, 3.8) is 0 Å². The number of nitrogens with zero attached hydrogens (tertiary/aromatic N) is 5. The molecule has 2 heterocycles. The Balaban J connectivity index is 1.68. The number of carbonyl (C=O) groups excluding carboxylic acids is 1. The molecule has 2 aromatic heterocycles. The van der Waals surface area contributed by atoms with Gasteiger partial charge in [0.2, 0.25) is 0 Å². The van der Waals surface area contributed by atoms with E-state index in [0.717, 1.165) is 12.4 Å². The lowest BCUT2D eigenvalue weighted by atomic mass is 10.3. The van der Waals surface area contributed by atoms with Crippen molar-refractivity contribution in [1.29, 1.82) is 0 Å². The minimum absolute atomic E-state index is 0.0748. The molecule has 0 bridgehead atoms. The first-order chi connectivity index (χ1) is 12.5. The molecular formula is C16H15N5O5. The maximum atomic E-state index is 12.1. The van der Waals surface area contributed by atoms with Gasteiger partial charge in [-0.3, -0.25) is 14.2 Å². The second-order valence-electron chi connectivity index (χ2n) is 5.46. The van der Waals surface area contributed by atoms with Crippen molar-refractivity contribution in [2.45, 2.75) is 20.0 Å². The number of imidazole rings is 1. The molecule has 0 aliphatic carbocycles. The topological polar surface area (TPSA) is 122 Å². The standard InChI is InChI=1S/C16H15N5O5/c1-11-17-8-14(21(24)25)19(11)6-7-26-16(23)10-20-13-5-3-2-4-12(13)18-9-15(20)22/h2-5,8-9H,6-7,10H2,1H3. The molecule has 10 nitrogen and oxygen atoms in total. The van der Waals surface area contributed by atoms with Crippen LogP contribution in [0, 0.1) is 17.0 Å². The van der Waals surface area contributed by atoms with Gasteiger partial charge >= 0.3 is 11.8 Å². The first kappa shape index (κ1) is 17.3. The lowest BCUT2D eigenvalue weighted by Gasteiger charge is -2.09. The Hall–Kier alpha value is -3.56. The van der Waals surface area contributed by atoms with Gasteiger partial charge in [-0.25, -0.2) is 14.5 Å². The molecule has 0 radical (unpaired) electrons. The van der Waals surface area contributed by atoms with E-state index >= 15 is 0 Å². The second kappa shape index (κ2) is 7.13. The van der Waals surface area contributed by atoms with Gasteiger partial charge in [0.1, 0.15) is 25.9 Å². The Morgan fingerprint density at radius 1 is 1.23 bits per heavy atom. The van der Waals surface area contributed by atoms with Crippen LogP contribution >= 0.6 is 0 Å². The number of fused-ring (bicyclic) bond motifs is 1. The number of hydrogen-bond donors (Lipinski definition) is 0. The van der Waals surface area contributed by atoms with E-state index in [9.17, 15) is 19.7 Å². The molecule has 0 fully saturated rings. The van der Waals surface area contributed by atoms with E-state index in [2.05, 4.69) is 9.97 Å². The molecule has 0 aliphatic heterocycles. The number of esters is 1.